The molecule has 0 aliphatic heterocycles. The lowest BCUT2D eigenvalue weighted by Gasteiger charge is -2.09. The van der Waals surface area contributed by atoms with Crippen LogP contribution in [0.15, 0.2) is 0 Å². The summed E-state index contributed by atoms with van der Waals surface area (Å²) in [5.41, 5.74) is 0. The molecular weight excluding hydrogens is 166 g/mol. The molecule has 0 aliphatic carbocycles. The first-order valence-electron chi connectivity index (χ1n) is 4.91. The number of amides is 1. The molecule has 0 aromatic heterocycles. The van der Waals surface area contributed by atoms with Crippen LogP contribution in [0.5, 0.6) is 0 Å². The molecule has 0 spiro atoms. The predicted octanol–water partition coefficient (Wildman–Crippen LogP) is 1.57. The first-order chi connectivity index (χ1) is 6.24. The zero-order valence-corrected chi connectivity index (χ0v) is 8.43. The lowest BCUT2D eigenvalue weighted by molar-refractivity contribution is -0.121. The summed E-state index contributed by atoms with van der Waals surface area (Å²) in [7, 11) is 0. The molecule has 0 heterocycles. The molecule has 0 saturated heterocycles. The smallest absolute Gasteiger partial charge is 0.222 e. The van der Waals surface area contributed by atoms with E-state index in [1.807, 2.05) is 20.1 Å². The molecular formula is C10H18NO2. The van der Waals surface area contributed by atoms with Crippen LogP contribution in [0.1, 0.15) is 46.0 Å². The van der Waals surface area contributed by atoms with E-state index in [0.29, 0.717) is 12.8 Å². The maximum Gasteiger partial charge on any atom is 0.222 e. The van der Waals surface area contributed by atoms with Gasteiger partial charge in [0.05, 0.1) is 6.04 Å². The Morgan fingerprint density at radius 2 is 2.08 bits per heavy atom. The molecule has 0 aromatic rings. The largest absolute Gasteiger partial charge is 0.346 e. The summed E-state index contributed by atoms with van der Waals surface area (Å²) in [5, 5.41) is 2.64. The molecule has 0 rings (SSSR count). The number of carbonyl (C=O) groups is 1. The van der Waals surface area contributed by atoms with Crippen LogP contribution in [0.2, 0.25) is 0 Å². The minimum absolute atomic E-state index is 0.0383. The van der Waals surface area contributed by atoms with Gasteiger partial charge in [0.25, 0.3) is 0 Å². The van der Waals surface area contributed by atoms with Crippen molar-refractivity contribution in [2.45, 2.75) is 52.0 Å². The van der Waals surface area contributed by atoms with E-state index >= 15 is 0 Å². The molecule has 1 radical (unpaired) electrons. The Balaban J connectivity index is 3.66. The summed E-state index contributed by atoms with van der Waals surface area (Å²) in [4.78, 5) is 21.5. The van der Waals surface area contributed by atoms with Crippen LogP contribution >= 0.6 is 0 Å². The SMILES string of the molecule is CCCCC(=O)NC([C]=O)CCC. The Kier molecular flexibility index (Phi) is 7.26. The molecule has 0 aliphatic rings. The van der Waals surface area contributed by atoms with Crippen LogP contribution in [0.25, 0.3) is 0 Å². The van der Waals surface area contributed by atoms with E-state index in [0.717, 1.165) is 19.3 Å². The summed E-state index contributed by atoms with van der Waals surface area (Å²) in [6, 6.07) is -0.408. The van der Waals surface area contributed by atoms with Gasteiger partial charge in [-0.3, -0.25) is 9.59 Å². The minimum Gasteiger partial charge on any atom is -0.346 e. The van der Waals surface area contributed by atoms with Gasteiger partial charge in [-0.25, -0.2) is 0 Å². The second kappa shape index (κ2) is 7.77. The van der Waals surface area contributed by atoms with Crippen molar-refractivity contribution < 1.29 is 9.59 Å². The van der Waals surface area contributed by atoms with E-state index in [9.17, 15) is 9.59 Å². The third-order valence-electron chi connectivity index (χ3n) is 1.81. The number of hydrogen-bond donors (Lipinski definition) is 1. The fourth-order valence-corrected chi connectivity index (χ4v) is 1.05. The van der Waals surface area contributed by atoms with Crippen molar-refractivity contribution >= 4 is 12.2 Å². The van der Waals surface area contributed by atoms with Crippen molar-refractivity contribution in [2.75, 3.05) is 0 Å². The van der Waals surface area contributed by atoms with E-state index in [2.05, 4.69) is 5.32 Å². The molecule has 0 bridgehead atoms. The molecule has 13 heavy (non-hydrogen) atoms. The molecule has 3 nitrogen and oxygen atoms in total. The van der Waals surface area contributed by atoms with E-state index in [1.54, 1.807) is 0 Å². The van der Waals surface area contributed by atoms with Crippen LogP contribution < -0.4 is 5.32 Å². The second-order valence-corrected chi connectivity index (χ2v) is 3.13. The van der Waals surface area contributed by atoms with Crippen LogP contribution in [-0.4, -0.2) is 18.2 Å². The average Bonchev–Trinajstić information content (AvgIpc) is 2.14. The molecule has 1 atom stereocenters. The highest BCUT2D eigenvalue weighted by Crippen LogP contribution is 1.97. The standard InChI is InChI=1S/C10H18NO2/c1-3-5-7-10(13)11-9(8-12)6-4-2/h9H,3-7H2,1-2H3,(H,11,13). The molecule has 0 saturated carbocycles. The maximum absolute atomic E-state index is 11.2. The number of nitrogens with one attached hydrogen (secondary N) is 1. The highest BCUT2D eigenvalue weighted by Gasteiger charge is 2.09. The monoisotopic (exact) mass is 184 g/mol. The van der Waals surface area contributed by atoms with Crippen molar-refractivity contribution in [1.82, 2.24) is 5.32 Å². The fraction of sp³-hybridized carbons (Fsp3) is 0.800. The van der Waals surface area contributed by atoms with Gasteiger partial charge in [-0.15, -0.1) is 0 Å². The lowest BCUT2D eigenvalue weighted by Crippen LogP contribution is -2.35. The quantitative estimate of drug-likeness (QED) is 0.652. The molecule has 1 unspecified atom stereocenters. The Labute approximate surface area is 79.9 Å². The second-order valence-electron chi connectivity index (χ2n) is 3.13. The summed E-state index contributed by atoms with van der Waals surface area (Å²) < 4.78 is 0. The zero-order chi connectivity index (χ0) is 10.1. The number of unbranched alkanes of at least 4 members (excludes halogenated alkanes) is 1. The average molecular weight is 184 g/mol. The van der Waals surface area contributed by atoms with Crippen LogP contribution in [0.4, 0.5) is 0 Å². The highest BCUT2D eigenvalue weighted by atomic mass is 16.2. The van der Waals surface area contributed by atoms with Gasteiger partial charge in [0.2, 0.25) is 12.2 Å². The van der Waals surface area contributed by atoms with Crippen molar-refractivity contribution in [2.24, 2.45) is 0 Å². The minimum atomic E-state index is -0.408. The Morgan fingerprint density at radius 1 is 1.38 bits per heavy atom. The molecule has 0 aromatic carbocycles. The van der Waals surface area contributed by atoms with Gasteiger partial charge in [-0.1, -0.05) is 26.7 Å². The maximum atomic E-state index is 11.2. The van der Waals surface area contributed by atoms with Crippen LogP contribution in [0, 0.1) is 0 Å². The molecule has 75 valence electrons. The van der Waals surface area contributed by atoms with Gasteiger partial charge in [-0.05, 0) is 12.8 Å². The Bertz CT molecular complexity index is 157. The van der Waals surface area contributed by atoms with Gasteiger partial charge in [0.15, 0.2) is 0 Å². The Morgan fingerprint density at radius 3 is 2.54 bits per heavy atom. The normalized spacial score (nSPS) is 12.2. The molecule has 1 N–H and O–H groups in total. The topological polar surface area (TPSA) is 46.2 Å². The van der Waals surface area contributed by atoms with Crippen molar-refractivity contribution in [1.29, 1.82) is 0 Å². The summed E-state index contributed by atoms with van der Waals surface area (Å²) >= 11 is 0. The summed E-state index contributed by atoms with van der Waals surface area (Å²) in [6.45, 7) is 4.01. The number of carbonyl (C=O) groups excluding carboxylic acids is 2. The van der Waals surface area contributed by atoms with Gasteiger partial charge < -0.3 is 5.32 Å². The first-order valence-corrected chi connectivity index (χ1v) is 4.91. The summed E-state index contributed by atoms with van der Waals surface area (Å²) in [5.74, 6) is -0.0383. The first kappa shape index (κ1) is 12.1. The fourth-order valence-electron chi connectivity index (χ4n) is 1.05. The van der Waals surface area contributed by atoms with Crippen molar-refractivity contribution in [3.63, 3.8) is 0 Å². The third-order valence-corrected chi connectivity index (χ3v) is 1.81. The van der Waals surface area contributed by atoms with E-state index in [-0.39, 0.29) is 5.91 Å². The molecule has 0 fully saturated rings. The van der Waals surface area contributed by atoms with Gasteiger partial charge in [-0.2, -0.15) is 0 Å². The highest BCUT2D eigenvalue weighted by molar-refractivity contribution is 5.79. The van der Waals surface area contributed by atoms with Crippen molar-refractivity contribution in [3.05, 3.63) is 0 Å². The number of rotatable bonds is 7. The predicted molar refractivity (Wildman–Crippen MR) is 52.1 cm³/mol. The molecule has 3 heteroatoms. The zero-order valence-electron chi connectivity index (χ0n) is 8.43. The van der Waals surface area contributed by atoms with Crippen LogP contribution in [0.3, 0.4) is 0 Å². The van der Waals surface area contributed by atoms with Gasteiger partial charge in [0, 0.05) is 6.42 Å². The number of hydrogen-bond acceptors (Lipinski definition) is 2. The molecule has 1 amide bonds. The van der Waals surface area contributed by atoms with E-state index < -0.39 is 6.04 Å². The van der Waals surface area contributed by atoms with Gasteiger partial charge >= 0.3 is 0 Å². The van der Waals surface area contributed by atoms with Crippen molar-refractivity contribution in [3.8, 4) is 0 Å². The summed E-state index contributed by atoms with van der Waals surface area (Å²) in [6.07, 6.45) is 5.78. The van der Waals surface area contributed by atoms with Gasteiger partial charge in [0.1, 0.15) is 0 Å². The lowest BCUT2D eigenvalue weighted by atomic mass is 10.1. The van der Waals surface area contributed by atoms with E-state index in [1.165, 1.54) is 0 Å². The van der Waals surface area contributed by atoms with E-state index in [4.69, 9.17) is 0 Å². The van der Waals surface area contributed by atoms with Crippen LogP contribution in [-0.2, 0) is 9.59 Å². The third kappa shape index (κ3) is 6.31. The Hall–Kier alpha value is -0.860.